The Hall–Kier alpha value is -0.940. The van der Waals surface area contributed by atoms with E-state index in [1.165, 1.54) is 0 Å². The highest BCUT2D eigenvalue weighted by atomic mass is 79.9. The first-order valence-electron chi connectivity index (χ1n) is 8.16. The molecular formula is C19H22BrCl2NO2. The van der Waals surface area contributed by atoms with Crippen molar-refractivity contribution in [3.05, 3.63) is 56.0 Å². The Morgan fingerprint density at radius 2 is 1.80 bits per heavy atom. The van der Waals surface area contributed by atoms with Crippen LogP contribution < -0.4 is 14.8 Å². The zero-order chi connectivity index (χ0) is 18.4. The average molecular weight is 447 g/mol. The Balaban J connectivity index is 2.24. The molecule has 3 nitrogen and oxygen atoms in total. The molecule has 0 aromatic heterocycles. The largest absolute Gasteiger partial charge is 0.490 e. The van der Waals surface area contributed by atoms with E-state index < -0.39 is 0 Å². The van der Waals surface area contributed by atoms with Gasteiger partial charge in [0.15, 0.2) is 11.5 Å². The van der Waals surface area contributed by atoms with Crippen molar-refractivity contribution in [1.29, 1.82) is 0 Å². The fourth-order valence-electron chi connectivity index (χ4n) is 2.26. The van der Waals surface area contributed by atoms with Gasteiger partial charge in [0.2, 0.25) is 0 Å². The second kappa shape index (κ2) is 9.67. The summed E-state index contributed by atoms with van der Waals surface area (Å²) in [6, 6.07) is 9.84. The number of halogens is 3. The molecule has 25 heavy (non-hydrogen) atoms. The molecule has 136 valence electrons. The van der Waals surface area contributed by atoms with E-state index in [0.29, 0.717) is 34.2 Å². The summed E-state index contributed by atoms with van der Waals surface area (Å²) in [6.07, 6.45) is 0. The highest BCUT2D eigenvalue weighted by molar-refractivity contribution is 9.10. The lowest BCUT2D eigenvalue weighted by Gasteiger charge is -2.17. The first kappa shape index (κ1) is 20.4. The molecule has 0 fully saturated rings. The molecule has 0 aliphatic rings. The van der Waals surface area contributed by atoms with Gasteiger partial charge in [-0.2, -0.15) is 0 Å². The molecule has 0 aliphatic carbocycles. The van der Waals surface area contributed by atoms with E-state index in [-0.39, 0.29) is 6.61 Å². The van der Waals surface area contributed by atoms with Crippen LogP contribution in [0.25, 0.3) is 0 Å². The zero-order valence-electron chi connectivity index (χ0n) is 14.5. The summed E-state index contributed by atoms with van der Waals surface area (Å²) in [5.74, 6) is 1.34. The average Bonchev–Trinajstić information content (AvgIpc) is 2.54. The van der Waals surface area contributed by atoms with Crippen molar-refractivity contribution >= 4 is 39.1 Å². The van der Waals surface area contributed by atoms with E-state index in [0.717, 1.165) is 22.1 Å². The number of hydrogen-bond donors (Lipinski definition) is 1. The van der Waals surface area contributed by atoms with Crippen molar-refractivity contribution in [2.24, 2.45) is 0 Å². The number of ether oxygens (including phenoxy) is 2. The van der Waals surface area contributed by atoms with Crippen LogP contribution in [0, 0.1) is 0 Å². The minimum Gasteiger partial charge on any atom is -0.490 e. The predicted octanol–water partition coefficient (Wildman–Crippen LogP) is 6.23. The van der Waals surface area contributed by atoms with E-state index in [2.05, 4.69) is 35.1 Å². The quantitative estimate of drug-likeness (QED) is 0.521. The maximum Gasteiger partial charge on any atom is 0.175 e. The van der Waals surface area contributed by atoms with Crippen molar-refractivity contribution in [2.45, 2.75) is 40.0 Å². The molecule has 0 unspecified atom stereocenters. The van der Waals surface area contributed by atoms with E-state index in [4.69, 9.17) is 32.7 Å². The molecule has 2 rings (SSSR count). The third kappa shape index (κ3) is 5.78. The first-order valence-corrected chi connectivity index (χ1v) is 9.71. The highest BCUT2D eigenvalue weighted by Gasteiger charge is 2.14. The molecular weight excluding hydrogens is 425 g/mol. The lowest BCUT2D eigenvalue weighted by atomic mass is 10.2. The maximum absolute atomic E-state index is 6.22. The fourth-order valence-corrected chi connectivity index (χ4v) is 3.37. The van der Waals surface area contributed by atoms with Crippen molar-refractivity contribution in [3.8, 4) is 11.5 Å². The van der Waals surface area contributed by atoms with Gasteiger partial charge in [-0.3, -0.25) is 0 Å². The zero-order valence-corrected chi connectivity index (χ0v) is 17.6. The van der Waals surface area contributed by atoms with Crippen molar-refractivity contribution in [3.63, 3.8) is 0 Å². The summed E-state index contributed by atoms with van der Waals surface area (Å²) in [4.78, 5) is 0. The van der Waals surface area contributed by atoms with E-state index in [1.807, 2.05) is 25.1 Å². The minimum atomic E-state index is 0.265. The molecule has 6 heteroatoms. The lowest BCUT2D eigenvalue weighted by molar-refractivity contribution is 0.267. The van der Waals surface area contributed by atoms with Gasteiger partial charge in [0, 0.05) is 28.2 Å². The third-order valence-electron chi connectivity index (χ3n) is 3.51. The smallest absolute Gasteiger partial charge is 0.175 e. The molecule has 0 heterocycles. The van der Waals surface area contributed by atoms with Crippen LogP contribution in [-0.2, 0) is 13.2 Å². The third-order valence-corrected chi connectivity index (χ3v) is 4.80. The first-order chi connectivity index (χ1) is 11.9. The second-order valence-corrected chi connectivity index (χ2v) is 7.53. The van der Waals surface area contributed by atoms with E-state index in [9.17, 15) is 0 Å². The van der Waals surface area contributed by atoms with Gasteiger partial charge < -0.3 is 14.8 Å². The Kier molecular flexibility index (Phi) is 7.88. The van der Waals surface area contributed by atoms with Gasteiger partial charge in [-0.25, -0.2) is 0 Å². The summed E-state index contributed by atoms with van der Waals surface area (Å²) in [7, 11) is 0. The summed E-state index contributed by atoms with van der Waals surface area (Å²) < 4.78 is 12.6. The van der Waals surface area contributed by atoms with Crippen LogP contribution in [0.1, 0.15) is 31.9 Å². The lowest BCUT2D eigenvalue weighted by Crippen LogP contribution is -2.21. The fraction of sp³-hybridized carbons (Fsp3) is 0.368. The van der Waals surface area contributed by atoms with Gasteiger partial charge in [-0.1, -0.05) is 43.1 Å². The van der Waals surface area contributed by atoms with Crippen LogP contribution >= 0.6 is 39.1 Å². The highest BCUT2D eigenvalue weighted by Crippen LogP contribution is 2.38. The van der Waals surface area contributed by atoms with Crippen molar-refractivity contribution < 1.29 is 9.47 Å². The minimum absolute atomic E-state index is 0.265. The molecule has 2 aromatic rings. The number of benzene rings is 2. The molecule has 0 radical (unpaired) electrons. The van der Waals surface area contributed by atoms with E-state index in [1.54, 1.807) is 12.1 Å². The maximum atomic E-state index is 6.22. The summed E-state index contributed by atoms with van der Waals surface area (Å²) in [5.41, 5.74) is 1.87. The molecule has 0 spiro atoms. The summed E-state index contributed by atoms with van der Waals surface area (Å²) in [6.45, 7) is 7.75. The van der Waals surface area contributed by atoms with Crippen LogP contribution in [-0.4, -0.2) is 12.6 Å². The number of hydrogen-bond acceptors (Lipinski definition) is 3. The normalized spacial score (nSPS) is 11.0. The molecule has 0 amide bonds. The predicted molar refractivity (Wildman–Crippen MR) is 108 cm³/mol. The van der Waals surface area contributed by atoms with Crippen LogP contribution in [0.3, 0.4) is 0 Å². The number of rotatable bonds is 8. The standard InChI is InChI=1S/C19H22BrCl2NO2/c1-4-24-18-9-13(10-23-12(2)3)8-15(20)19(18)25-11-14-16(21)6-5-7-17(14)22/h5-9,12,23H,4,10-11H2,1-3H3. The van der Waals surface area contributed by atoms with Gasteiger partial charge in [-0.15, -0.1) is 0 Å². The molecule has 0 saturated heterocycles. The van der Waals surface area contributed by atoms with Gasteiger partial charge in [-0.05, 0) is 52.7 Å². The molecule has 0 aliphatic heterocycles. The molecule has 0 atom stereocenters. The van der Waals surface area contributed by atoms with Crippen LogP contribution in [0.15, 0.2) is 34.8 Å². The van der Waals surface area contributed by atoms with Crippen LogP contribution in [0.5, 0.6) is 11.5 Å². The van der Waals surface area contributed by atoms with Gasteiger partial charge >= 0.3 is 0 Å². The Morgan fingerprint density at radius 1 is 1.12 bits per heavy atom. The second-order valence-electron chi connectivity index (χ2n) is 5.86. The van der Waals surface area contributed by atoms with Crippen LogP contribution in [0.2, 0.25) is 10.0 Å². The van der Waals surface area contributed by atoms with Gasteiger partial charge in [0.1, 0.15) is 6.61 Å². The topological polar surface area (TPSA) is 30.5 Å². The SMILES string of the molecule is CCOc1cc(CNC(C)C)cc(Br)c1OCc1c(Cl)cccc1Cl. The van der Waals surface area contributed by atoms with Crippen molar-refractivity contribution in [2.75, 3.05) is 6.61 Å². The van der Waals surface area contributed by atoms with Crippen LogP contribution in [0.4, 0.5) is 0 Å². The van der Waals surface area contributed by atoms with Crippen molar-refractivity contribution in [1.82, 2.24) is 5.32 Å². The Bertz CT molecular complexity index is 703. The Labute approximate surface area is 167 Å². The molecule has 2 aromatic carbocycles. The molecule has 1 N–H and O–H groups in total. The summed E-state index contributed by atoms with van der Waals surface area (Å²) >= 11 is 16.0. The monoisotopic (exact) mass is 445 g/mol. The molecule has 0 bridgehead atoms. The molecule has 0 saturated carbocycles. The number of nitrogens with one attached hydrogen (secondary N) is 1. The van der Waals surface area contributed by atoms with E-state index >= 15 is 0 Å². The van der Waals surface area contributed by atoms with Gasteiger partial charge in [0.05, 0.1) is 11.1 Å². The Morgan fingerprint density at radius 3 is 2.40 bits per heavy atom. The summed E-state index contributed by atoms with van der Waals surface area (Å²) in [5, 5.41) is 4.56. The van der Waals surface area contributed by atoms with Gasteiger partial charge in [0.25, 0.3) is 0 Å².